The summed E-state index contributed by atoms with van der Waals surface area (Å²) in [5.41, 5.74) is 0.987. The van der Waals surface area contributed by atoms with Crippen LogP contribution in [0.4, 0.5) is 5.69 Å². The summed E-state index contributed by atoms with van der Waals surface area (Å²) in [5, 5.41) is 3.27. The smallest absolute Gasteiger partial charge is 0.231 e. The van der Waals surface area contributed by atoms with E-state index in [1.54, 1.807) is 0 Å². The van der Waals surface area contributed by atoms with Gasteiger partial charge in [0, 0.05) is 11.8 Å². The van der Waals surface area contributed by atoms with E-state index in [1.807, 2.05) is 30.3 Å². The Kier molecular flexibility index (Phi) is 2.84. The zero-order chi connectivity index (χ0) is 11.7. The number of fused-ring (bicyclic) bond motifs is 1. The first kappa shape index (κ1) is 10.8. The Hall–Kier alpha value is -1.37. The van der Waals surface area contributed by atoms with Gasteiger partial charge in [0.1, 0.15) is 5.76 Å². The Balaban J connectivity index is 1.69. The standard InChI is InChI=1S/C12H10INO3/c13-12-4-2-9(17-12)6-14-8-1-3-10-11(5-8)16-7-15-10/h1-5,14H,6-7H2. The van der Waals surface area contributed by atoms with Gasteiger partial charge in [-0.15, -0.1) is 0 Å². The fourth-order valence-corrected chi connectivity index (χ4v) is 2.11. The minimum absolute atomic E-state index is 0.301. The molecule has 0 spiro atoms. The molecule has 2 heterocycles. The summed E-state index contributed by atoms with van der Waals surface area (Å²) < 4.78 is 16.9. The van der Waals surface area contributed by atoms with Crippen molar-refractivity contribution in [2.24, 2.45) is 0 Å². The largest absolute Gasteiger partial charge is 0.454 e. The first-order valence-corrected chi connectivity index (χ1v) is 6.27. The molecule has 1 N–H and O–H groups in total. The van der Waals surface area contributed by atoms with Crippen molar-refractivity contribution in [1.29, 1.82) is 0 Å². The van der Waals surface area contributed by atoms with Crippen LogP contribution >= 0.6 is 22.6 Å². The molecule has 0 atom stereocenters. The van der Waals surface area contributed by atoms with E-state index in [1.165, 1.54) is 0 Å². The summed E-state index contributed by atoms with van der Waals surface area (Å²) in [6.45, 7) is 0.956. The number of benzene rings is 1. The van der Waals surface area contributed by atoms with Crippen LogP contribution in [0, 0.1) is 3.77 Å². The summed E-state index contributed by atoms with van der Waals surface area (Å²) >= 11 is 2.15. The molecule has 88 valence electrons. The molecule has 5 heteroatoms. The van der Waals surface area contributed by atoms with Gasteiger partial charge in [-0.05, 0) is 46.9 Å². The minimum atomic E-state index is 0.301. The van der Waals surface area contributed by atoms with Gasteiger partial charge in [-0.1, -0.05) is 0 Å². The van der Waals surface area contributed by atoms with Crippen LogP contribution in [0.3, 0.4) is 0 Å². The normalized spacial score (nSPS) is 12.8. The maximum Gasteiger partial charge on any atom is 0.231 e. The fourth-order valence-electron chi connectivity index (χ4n) is 1.64. The third-order valence-corrected chi connectivity index (χ3v) is 3.05. The lowest BCUT2D eigenvalue weighted by atomic mass is 10.2. The van der Waals surface area contributed by atoms with Crippen molar-refractivity contribution in [3.63, 3.8) is 0 Å². The maximum absolute atomic E-state index is 5.47. The van der Waals surface area contributed by atoms with Gasteiger partial charge in [-0.3, -0.25) is 0 Å². The molecule has 2 aromatic rings. The number of hydrogen-bond acceptors (Lipinski definition) is 4. The lowest BCUT2D eigenvalue weighted by Gasteiger charge is -2.05. The van der Waals surface area contributed by atoms with Crippen LogP contribution in [-0.2, 0) is 6.54 Å². The van der Waals surface area contributed by atoms with E-state index in [9.17, 15) is 0 Å². The van der Waals surface area contributed by atoms with Crippen LogP contribution < -0.4 is 14.8 Å². The molecule has 1 aromatic heterocycles. The zero-order valence-corrected chi connectivity index (χ0v) is 11.1. The zero-order valence-electron chi connectivity index (χ0n) is 8.90. The van der Waals surface area contributed by atoms with Crippen LogP contribution in [0.5, 0.6) is 11.5 Å². The first-order valence-electron chi connectivity index (χ1n) is 5.19. The van der Waals surface area contributed by atoms with Crippen molar-refractivity contribution in [2.75, 3.05) is 12.1 Å². The molecule has 1 aliphatic heterocycles. The number of furan rings is 1. The monoisotopic (exact) mass is 343 g/mol. The molecule has 0 bridgehead atoms. The number of nitrogens with one attached hydrogen (secondary N) is 1. The second kappa shape index (κ2) is 4.48. The molecule has 1 aliphatic rings. The van der Waals surface area contributed by atoms with E-state index >= 15 is 0 Å². The first-order chi connectivity index (χ1) is 8.31. The minimum Gasteiger partial charge on any atom is -0.454 e. The Labute approximate surface area is 112 Å². The van der Waals surface area contributed by atoms with E-state index < -0.39 is 0 Å². The Bertz CT molecular complexity index is 538. The number of anilines is 1. The molecule has 0 radical (unpaired) electrons. The van der Waals surface area contributed by atoms with Gasteiger partial charge in [-0.2, -0.15) is 0 Å². The highest BCUT2D eigenvalue weighted by molar-refractivity contribution is 14.1. The summed E-state index contributed by atoms with van der Waals surface area (Å²) in [6.07, 6.45) is 0. The average molecular weight is 343 g/mol. The molecule has 17 heavy (non-hydrogen) atoms. The highest BCUT2D eigenvalue weighted by Gasteiger charge is 2.13. The molecule has 0 amide bonds. The quantitative estimate of drug-likeness (QED) is 0.870. The van der Waals surface area contributed by atoms with Gasteiger partial charge in [-0.25, -0.2) is 0 Å². The van der Waals surface area contributed by atoms with Gasteiger partial charge >= 0.3 is 0 Å². The van der Waals surface area contributed by atoms with E-state index in [0.29, 0.717) is 13.3 Å². The number of hydrogen-bond donors (Lipinski definition) is 1. The summed E-state index contributed by atoms with van der Waals surface area (Å²) in [4.78, 5) is 0. The Morgan fingerprint density at radius 1 is 1.12 bits per heavy atom. The molecule has 4 nitrogen and oxygen atoms in total. The van der Waals surface area contributed by atoms with Crippen LogP contribution in [0.1, 0.15) is 5.76 Å². The third kappa shape index (κ3) is 2.33. The molecular weight excluding hydrogens is 333 g/mol. The van der Waals surface area contributed by atoms with Crippen LogP contribution in [0.25, 0.3) is 0 Å². The van der Waals surface area contributed by atoms with Crippen LogP contribution in [0.15, 0.2) is 34.7 Å². The third-order valence-electron chi connectivity index (χ3n) is 2.47. The number of ether oxygens (including phenoxy) is 2. The molecule has 0 saturated heterocycles. The molecule has 0 unspecified atom stereocenters. The summed E-state index contributed by atoms with van der Waals surface area (Å²) in [5.74, 6) is 2.49. The fraction of sp³-hybridized carbons (Fsp3) is 0.167. The predicted molar refractivity (Wildman–Crippen MR) is 71.3 cm³/mol. The van der Waals surface area contributed by atoms with E-state index in [4.69, 9.17) is 13.9 Å². The highest BCUT2D eigenvalue weighted by atomic mass is 127. The van der Waals surface area contributed by atoms with E-state index in [0.717, 1.165) is 26.7 Å². The van der Waals surface area contributed by atoms with Gasteiger partial charge in [0.15, 0.2) is 15.3 Å². The maximum atomic E-state index is 5.47. The predicted octanol–water partition coefficient (Wildman–Crippen LogP) is 3.23. The molecule has 0 fully saturated rings. The van der Waals surface area contributed by atoms with Crippen molar-refractivity contribution >= 4 is 28.3 Å². The SMILES string of the molecule is Ic1ccc(CNc2ccc3c(c2)OCO3)o1. The van der Waals surface area contributed by atoms with Crippen molar-refractivity contribution in [1.82, 2.24) is 0 Å². The Morgan fingerprint density at radius 3 is 2.82 bits per heavy atom. The van der Waals surface area contributed by atoms with Gasteiger partial charge in [0.05, 0.1) is 6.54 Å². The van der Waals surface area contributed by atoms with Crippen molar-refractivity contribution in [3.8, 4) is 11.5 Å². The van der Waals surface area contributed by atoms with Crippen LogP contribution in [-0.4, -0.2) is 6.79 Å². The highest BCUT2D eigenvalue weighted by Crippen LogP contribution is 2.34. The molecule has 3 rings (SSSR count). The number of halogens is 1. The Morgan fingerprint density at radius 2 is 2.00 bits per heavy atom. The second-order valence-electron chi connectivity index (χ2n) is 3.63. The molecular formula is C12H10INO3. The van der Waals surface area contributed by atoms with Crippen molar-refractivity contribution in [2.45, 2.75) is 6.54 Å². The van der Waals surface area contributed by atoms with E-state index in [-0.39, 0.29) is 0 Å². The summed E-state index contributed by atoms with van der Waals surface area (Å²) in [6, 6.07) is 9.69. The van der Waals surface area contributed by atoms with E-state index in [2.05, 4.69) is 27.9 Å². The molecule has 0 aliphatic carbocycles. The lowest BCUT2D eigenvalue weighted by Crippen LogP contribution is -1.97. The van der Waals surface area contributed by atoms with Gasteiger partial charge < -0.3 is 19.2 Å². The van der Waals surface area contributed by atoms with Crippen molar-refractivity contribution < 1.29 is 13.9 Å². The molecule has 1 aromatic carbocycles. The second-order valence-corrected chi connectivity index (χ2v) is 4.69. The van der Waals surface area contributed by atoms with Gasteiger partial charge in [0.2, 0.25) is 6.79 Å². The summed E-state index contributed by atoms with van der Waals surface area (Å²) in [7, 11) is 0. The van der Waals surface area contributed by atoms with Crippen LogP contribution in [0.2, 0.25) is 0 Å². The molecule has 0 saturated carbocycles. The number of rotatable bonds is 3. The van der Waals surface area contributed by atoms with Crippen molar-refractivity contribution in [3.05, 3.63) is 39.9 Å². The van der Waals surface area contributed by atoms with Gasteiger partial charge in [0.25, 0.3) is 0 Å². The topological polar surface area (TPSA) is 43.6 Å². The average Bonchev–Trinajstić information content (AvgIpc) is 2.94. The lowest BCUT2D eigenvalue weighted by molar-refractivity contribution is 0.174.